The van der Waals surface area contributed by atoms with Crippen molar-refractivity contribution in [2.45, 2.75) is 86.9 Å². The molecule has 0 amide bonds. The maximum atomic E-state index is 9.32. The summed E-state index contributed by atoms with van der Waals surface area (Å²) in [5, 5.41) is 18.6. The van der Waals surface area contributed by atoms with Crippen molar-refractivity contribution in [2.24, 2.45) is 11.8 Å². The molecule has 164 valence electrons. The molecule has 0 aromatic heterocycles. The third-order valence-corrected chi connectivity index (χ3v) is 12.2. The van der Waals surface area contributed by atoms with Gasteiger partial charge in [-0.1, -0.05) is 49.2 Å². The summed E-state index contributed by atoms with van der Waals surface area (Å²) in [4.78, 5) is 0. The number of hydrogen-bond acceptors (Lipinski definition) is 2. The van der Waals surface area contributed by atoms with Gasteiger partial charge < -0.3 is 10.8 Å². The van der Waals surface area contributed by atoms with Crippen LogP contribution in [0.3, 0.4) is 0 Å². The minimum atomic E-state index is 0.149. The van der Waals surface area contributed by atoms with E-state index < -0.39 is 0 Å². The molecule has 0 aromatic carbocycles. The van der Waals surface area contributed by atoms with Crippen LogP contribution in [0, 0.1) is 11.8 Å². The first-order chi connectivity index (χ1) is 13.9. The van der Waals surface area contributed by atoms with Crippen molar-refractivity contribution in [3.63, 3.8) is 0 Å². The first-order valence-electron chi connectivity index (χ1n) is 10.9. The number of hydrogen-bond donors (Lipinski definition) is 0. The van der Waals surface area contributed by atoms with E-state index in [1.807, 2.05) is 12.5 Å². The van der Waals surface area contributed by atoms with Crippen molar-refractivity contribution in [3.8, 4) is 0 Å². The van der Waals surface area contributed by atoms with Gasteiger partial charge in [-0.15, -0.1) is 0 Å². The van der Waals surface area contributed by atoms with Crippen molar-refractivity contribution < 1.29 is 0 Å². The van der Waals surface area contributed by atoms with Crippen molar-refractivity contribution in [1.82, 2.24) is 0 Å². The molecular formula is C22H40N2S4Sn+2. The summed E-state index contributed by atoms with van der Waals surface area (Å²) in [6.45, 7) is 4.58. The van der Waals surface area contributed by atoms with Crippen LogP contribution < -0.4 is 0 Å². The molecule has 2 rings (SSSR count). The smallest absolute Gasteiger partial charge is 0.237 e. The first kappa shape index (κ1) is 30.0. The standard InChI is InChI=1S/2C7H10NS2.2C4H9.Sn/c2*1-10-7(9)5-3-2-4-6(5)8;2*1-3-4-2;/h2*5H,2-4H2,1H3;2*1,3-4H2,2H3;/q2*-1;;;+2/p+2. The van der Waals surface area contributed by atoms with Gasteiger partial charge in [-0.2, -0.15) is 11.4 Å². The van der Waals surface area contributed by atoms with Crippen LogP contribution >= 0.6 is 23.5 Å². The Kier molecular flexibility index (Phi) is 20.4. The largest absolute Gasteiger partial charge is 0.811 e. The Labute approximate surface area is 209 Å². The molecule has 0 aromatic rings. The molecule has 0 radical (unpaired) electrons. The van der Waals surface area contributed by atoms with Gasteiger partial charge in [-0.3, -0.25) is 0 Å². The van der Waals surface area contributed by atoms with Crippen LogP contribution in [0.4, 0.5) is 0 Å². The molecule has 2 unspecified atom stereocenters. The summed E-state index contributed by atoms with van der Waals surface area (Å²) >= 11 is 12.0. The predicted octanol–water partition coefficient (Wildman–Crippen LogP) is 6.27. The van der Waals surface area contributed by atoms with Gasteiger partial charge in [0.15, 0.2) is 24.4 Å². The van der Waals surface area contributed by atoms with Crippen LogP contribution in [0.5, 0.6) is 0 Å². The Balaban J connectivity index is 0.000000407. The van der Waals surface area contributed by atoms with Crippen molar-refractivity contribution in [2.75, 3.05) is 12.5 Å². The van der Waals surface area contributed by atoms with Gasteiger partial charge in [0.25, 0.3) is 0 Å². The molecule has 2 nitrogen and oxygen atoms in total. The summed E-state index contributed by atoms with van der Waals surface area (Å²) in [6.07, 6.45) is 15.9. The number of nitrogens with zero attached hydrogens (tertiary/aromatic N) is 2. The second kappa shape index (κ2) is 19.7. The van der Waals surface area contributed by atoms with Gasteiger partial charge in [0.2, 0.25) is 8.39 Å². The van der Waals surface area contributed by atoms with Crippen LogP contribution in [0.25, 0.3) is 10.8 Å². The molecular weight excluding hydrogens is 539 g/mol. The first-order valence-corrected chi connectivity index (χ1v) is 18.3. The van der Waals surface area contributed by atoms with E-state index in [0.717, 1.165) is 46.9 Å². The molecule has 0 bridgehead atoms. The molecule has 29 heavy (non-hydrogen) atoms. The van der Waals surface area contributed by atoms with Crippen molar-refractivity contribution in [1.29, 1.82) is 0 Å². The fourth-order valence-electron chi connectivity index (χ4n) is 3.20. The average Bonchev–Trinajstić information content (AvgIpc) is 3.36. The van der Waals surface area contributed by atoms with Crippen LogP contribution in [-0.4, -0.2) is 53.5 Å². The van der Waals surface area contributed by atoms with Gasteiger partial charge in [-0.05, 0) is 25.4 Å². The van der Waals surface area contributed by atoms with Crippen LogP contribution in [-0.2, 0) is 24.4 Å². The topological polar surface area (TPSA) is 44.6 Å². The monoisotopic (exact) mass is 580 g/mol. The quantitative estimate of drug-likeness (QED) is 0.112. The molecule has 0 heterocycles. The van der Waals surface area contributed by atoms with E-state index >= 15 is 0 Å². The van der Waals surface area contributed by atoms with Crippen molar-refractivity contribution in [3.05, 3.63) is 10.8 Å². The van der Waals surface area contributed by atoms with Gasteiger partial charge in [0.1, 0.15) is 0 Å². The van der Waals surface area contributed by atoms with Gasteiger partial charge in [0, 0.05) is 11.8 Å². The Bertz CT molecular complexity index is 467. The van der Waals surface area contributed by atoms with E-state index in [9.17, 15) is 10.8 Å². The van der Waals surface area contributed by atoms with Crippen LogP contribution in [0.2, 0.25) is 8.87 Å². The van der Waals surface area contributed by atoms with Crippen LogP contribution in [0.15, 0.2) is 0 Å². The Hall–Kier alpha value is 1.02. The second-order valence-electron chi connectivity index (χ2n) is 7.41. The zero-order valence-corrected chi connectivity index (χ0v) is 25.0. The normalized spacial score (nSPS) is 20.3. The van der Waals surface area contributed by atoms with E-state index in [4.69, 9.17) is 0 Å². The molecule has 0 aliphatic heterocycles. The van der Waals surface area contributed by atoms with E-state index in [0.29, 0.717) is 11.4 Å². The summed E-state index contributed by atoms with van der Waals surface area (Å²) in [6, 6.07) is 0. The summed E-state index contributed by atoms with van der Waals surface area (Å²) < 4.78 is 5.35. The van der Waals surface area contributed by atoms with Gasteiger partial charge in [0.05, 0.1) is 0 Å². The van der Waals surface area contributed by atoms with E-state index in [1.54, 1.807) is 32.4 Å². The molecule has 2 atom stereocenters. The van der Waals surface area contributed by atoms with E-state index in [1.165, 1.54) is 25.7 Å². The van der Waals surface area contributed by atoms with E-state index in [-0.39, 0.29) is 33.0 Å². The minimum absolute atomic E-state index is 0.149. The number of thiol groups is 2. The maximum absolute atomic E-state index is 9.32. The summed E-state index contributed by atoms with van der Waals surface area (Å²) in [5.74, 6) is 0.525. The molecule has 2 aliphatic rings. The summed E-state index contributed by atoms with van der Waals surface area (Å²) in [7, 11) is 0. The third-order valence-electron chi connectivity index (χ3n) is 5.08. The van der Waals surface area contributed by atoms with Crippen LogP contribution in [0.1, 0.15) is 78.1 Å². The second-order valence-corrected chi connectivity index (χ2v) is 15.0. The van der Waals surface area contributed by atoms with Gasteiger partial charge >= 0.3 is 69.5 Å². The van der Waals surface area contributed by atoms with Gasteiger partial charge in [-0.25, -0.2) is 0 Å². The number of unbranched alkanes of at least 4 members (excludes halogenated alkanes) is 2. The Morgan fingerprint density at radius 1 is 0.862 bits per heavy atom. The fraction of sp³-hybridized carbons (Fsp3) is 0.818. The Morgan fingerprint density at radius 3 is 1.48 bits per heavy atom. The number of thioether (sulfide) groups is 2. The molecule has 2 saturated carbocycles. The Morgan fingerprint density at radius 2 is 1.24 bits per heavy atom. The SMILES string of the molecule is CCC[CH2][Sn+2][CH2]CCC.CSC(=[SH+])C1CCCC1=[N-].CSC(=[SH+])C1CCCC1=[N-]. The summed E-state index contributed by atoms with van der Waals surface area (Å²) in [5.41, 5.74) is 1.25. The number of rotatable bonds is 8. The molecule has 0 N–H and O–H groups in total. The predicted molar refractivity (Wildman–Crippen MR) is 151 cm³/mol. The fourth-order valence-corrected chi connectivity index (χ4v) is 8.99. The van der Waals surface area contributed by atoms with Crippen molar-refractivity contribution >= 4 is 88.9 Å². The third kappa shape index (κ3) is 13.9. The minimum Gasteiger partial charge on any atom is -0.811 e. The van der Waals surface area contributed by atoms with E-state index in [2.05, 4.69) is 38.3 Å². The molecule has 7 heteroatoms. The zero-order chi connectivity index (χ0) is 22.1. The molecule has 0 saturated heterocycles. The molecule has 2 aliphatic carbocycles. The molecule has 0 spiro atoms. The zero-order valence-electron chi connectivity index (χ0n) is 18.7. The average molecular weight is 580 g/mol. The maximum Gasteiger partial charge on any atom is 0.237 e. The molecule has 2 fully saturated rings.